The number of H-pyrrole nitrogens is 2. The average Bonchev–Trinajstić information content (AvgIpc) is 2.87. The summed E-state index contributed by atoms with van der Waals surface area (Å²) in [4.78, 5) is 38.4. The summed E-state index contributed by atoms with van der Waals surface area (Å²) in [5.74, 6) is -1.38. The molecule has 1 aromatic heterocycles. The predicted molar refractivity (Wildman–Crippen MR) is 62.3 cm³/mol. The Morgan fingerprint density at radius 2 is 2.06 bits per heavy atom. The molecule has 0 aliphatic heterocycles. The van der Waals surface area contributed by atoms with Crippen LogP contribution in [0.1, 0.15) is 42.6 Å². The summed E-state index contributed by atoms with van der Waals surface area (Å²) in [5.41, 5.74) is -1.02. The minimum Gasteiger partial charge on any atom is -0.481 e. The zero-order chi connectivity index (χ0) is 13.2. The van der Waals surface area contributed by atoms with Gasteiger partial charge in [-0.05, 0) is 12.8 Å². The summed E-state index contributed by atoms with van der Waals surface area (Å²) in [6, 6.07) is 0. The van der Waals surface area contributed by atoms with E-state index in [1.807, 2.05) is 0 Å². The number of aliphatic carboxylic acids is 1. The Hall–Kier alpha value is -2.05. The summed E-state index contributed by atoms with van der Waals surface area (Å²) >= 11 is 0. The molecule has 1 saturated carbocycles. The first kappa shape index (κ1) is 12.4. The third-order valence-corrected chi connectivity index (χ3v) is 3.27. The molecular weight excluding hydrogens is 238 g/mol. The minimum absolute atomic E-state index is 0.0899. The van der Waals surface area contributed by atoms with Crippen molar-refractivity contribution in [3.8, 4) is 0 Å². The molecule has 0 unspecified atom stereocenters. The Morgan fingerprint density at radius 3 is 2.56 bits per heavy atom. The van der Waals surface area contributed by atoms with Crippen molar-refractivity contribution in [3.63, 3.8) is 0 Å². The maximum atomic E-state index is 11.9. The Morgan fingerprint density at radius 1 is 1.39 bits per heavy atom. The van der Waals surface area contributed by atoms with E-state index >= 15 is 0 Å². The van der Waals surface area contributed by atoms with E-state index in [0.29, 0.717) is 12.8 Å². The van der Waals surface area contributed by atoms with Crippen molar-refractivity contribution in [3.05, 3.63) is 22.4 Å². The van der Waals surface area contributed by atoms with E-state index in [9.17, 15) is 14.4 Å². The highest BCUT2D eigenvalue weighted by atomic mass is 16.4. The highest BCUT2D eigenvalue weighted by molar-refractivity contribution is 5.92. The molecule has 0 atom stereocenters. The maximum absolute atomic E-state index is 11.9. The molecular formula is C11H15N3O4. The second-order valence-electron chi connectivity index (χ2n) is 4.67. The van der Waals surface area contributed by atoms with Gasteiger partial charge in [0, 0.05) is 6.20 Å². The molecule has 2 rings (SSSR count). The fourth-order valence-corrected chi connectivity index (χ4v) is 2.45. The first-order valence-corrected chi connectivity index (χ1v) is 5.83. The number of imidazole rings is 1. The van der Waals surface area contributed by atoms with Crippen LogP contribution in [0.2, 0.25) is 0 Å². The molecule has 7 heteroatoms. The van der Waals surface area contributed by atoms with Crippen molar-refractivity contribution < 1.29 is 14.7 Å². The van der Waals surface area contributed by atoms with Gasteiger partial charge >= 0.3 is 11.7 Å². The zero-order valence-electron chi connectivity index (χ0n) is 9.78. The lowest BCUT2D eigenvalue weighted by Crippen LogP contribution is -2.48. The predicted octanol–water partition coefficient (Wildman–Crippen LogP) is 0.220. The lowest BCUT2D eigenvalue weighted by atomic mass is 9.93. The zero-order valence-corrected chi connectivity index (χ0v) is 9.78. The van der Waals surface area contributed by atoms with Crippen LogP contribution in [0.4, 0.5) is 0 Å². The Bertz CT molecular complexity index is 510. The van der Waals surface area contributed by atoms with Crippen molar-refractivity contribution in [1.29, 1.82) is 0 Å². The topological polar surface area (TPSA) is 115 Å². The fourth-order valence-electron chi connectivity index (χ4n) is 2.45. The molecule has 4 N–H and O–H groups in total. The van der Waals surface area contributed by atoms with Gasteiger partial charge in [0.1, 0.15) is 5.69 Å². The van der Waals surface area contributed by atoms with E-state index in [-0.39, 0.29) is 12.1 Å². The van der Waals surface area contributed by atoms with Crippen molar-refractivity contribution in [1.82, 2.24) is 15.3 Å². The van der Waals surface area contributed by atoms with Crippen LogP contribution in [-0.2, 0) is 4.79 Å². The van der Waals surface area contributed by atoms with Gasteiger partial charge in [-0.1, -0.05) is 12.8 Å². The van der Waals surface area contributed by atoms with Gasteiger partial charge in [-0.3, -0.25) is 9.59 Å². The molecule has 1 aliphatic rings. The normalized spacial score (nSPS) is 17.6. The van der Waals surface area contributed by atoms with Gasteiger partial charge in [-0.15, -0.1) is 0 Å². The van der Waals surface area contributed by atoms with Gasteiger partial charge in [0.05, 0.1) is 12.0 Å². The highest BCUT2D eigenvalue weighted by Gasteiger charge is 2.37. The largest absolute Gasteiger partial charge is 0.481 e. The number of hydrogen-bond acceptors (Lipinski definition) is 3. The molecule has 0 aromatic carbocycles. The van der Waals surface area contributed by atoms with E-state index in [0.717, 1.165) is 12.8 Å². The van der Waals surface area contributed by atoms with Gasteiger partial charge in [0.2, 0.25) is 0 Å². The molecule has 1 fully saturated rings. The molecule has 1 aromatic rings. The van der Waals surface area contributed by atoms with E-state index in [4.69, 9.17) is 5.11 Å². The maximum Gasteiger partial charge on any atom is 0.323 e. The van der Waals surface area contributed by atoms with Gasteiger partial charge in [0.25, 0.3) is 5.91 Å². The number of aromatic nitrogens is 2. The molecule has 1 amide bonds. The number of carboxylic acid groups (broad SMARTS) is 1. The molecule has 18 heavy (non-hydrogen) atoms. The van der Waals surface area contributed by atoms with Crippen LogP contribution in [0.3, 0.4) is 0 Å². The molecule has 0 saturated heterocycles. The molecule has 0 radical (unpaired) electrons. The van der Waals surface area contributed by atoms with Gasteiger partial charge < -0.3 is 20.4 Å². The second-order valence-corrected chi connectivity index (χ2v) is 4.67. The summed E-state index contributed by atoms with van der Waals surface area (Å²) in [6.07, 6.45) is 4.29. The van der Waals surface area contributed by atoms with Crippen molar-refractivity contribution in [2.75, 3.05) is 0 Å². The lowest BCUT2D eigenvalue weighted by molar-refractivity contribution is -0.138. The summed E-state index contributed by atoms with van der Waals surface area (Å²) in [5, 5.41) is 11.7. The number of nitrogens with one attached hydrogen (secondary N) is 3. The van der Waals surface area contributed by atoms with Gasteiger partial charge in [0.15, 0.2) is 0 Å². The van der Waals surface area contributed by atoms with Crippen LogP contribution in [0.15, 0.2) is 11.0 Å². The third-order valence-electron chi connectivity index (χ3n) is 3.27. The van der Waals surface area contributed by atoms with E-state index in [1.54, 1.807) is 0 Å². The Kier molecular flexibility index (Phi) is 3.22. The minimum atomic E-state index is -0.931. The number of aromatic amines is 2. The Balaban J connectivity index is 2.12. The first-order chi connectivity index (χ1) is 8.51. The van der Waals surface area contributed by atoms with E-state index in [1.165, 1.54) is 6.20 Å². The number of carbonyl (C=O) groups is 2. The third kappa shape index (κ3) is 2.61. The number of hydrogen-bond donors (Lipinski definition) is 4. The average molecular weight is 253 g/mol. The molecule has 0 bridgehead atoms. The number of amides is 1. The van der Waals surface area contributed by atoms with Gasteiger partial charge in [-0.25, -0.2) is 4.79 Å². The monoisotopic (exact) mass is 253 g/mol. The molecule has 1 heterocycles. The summed E-state index contributed by atoms with van der Waals surface area (Å²) < 4.78 is 0. The van der Waals surface area contributed by atoms with Crippen molar-refractivity contribution in [2.45, 2.75) is 37.6 Å². The van der Waals surface area contributed by atoms with Crippen LogP contribution in [0.5, 0.6) is 0 Å². The lowest BCUT2D eigenvalue weighted by Gasteiger charge is -2.28. The smallest absolute Gasteiger partial charge is 0.323 e. The van der Waals surface area contributed by atoms with Gasteiger partial charge in [-0.2, -0.15) is 0 Å². The molecule has 98 valence electrons. The van der Waals surface area contributed by atoms with E-state index < -0.39 is 23.1 Å². The quantitative estimate of drug-likeness (QED) is 0.614. The second kappa shape index (κ2) is 4.67. The van der Waals surface area contributed by atoms with E-state index in [2.05, 4.69) is 15.3 Å². The highest BCUT2D eigenvalue weighted by Crippen LogP contribution is 2.32. The molecule has 1 aliphatic carbocycles. The molecule has 7 nitrogen and oxygen atoms in total. The number of carbonyl (C=O) groups excluding carboxylic acids is 1. The fraction of sp³-hybridized carbons (Fsp3) is 0.545. The van der Waals surface area contributed by atoms with Crippen molar-refractivity contribution in [2.24, 2.45) is 0 Å². The van der Waals surface area contributed by atoms with Crippen LogP contribution in [0, 0.1) is 0 Å². The van der Waals surface area contributed by atoms with Crippen LogP contribution >= 0.6 is 0 Å². The standard InChI is InChI=1S/C11H15N3O4/c15-8(16)5-11(3-1-2-4-11)14-9(17)7-6-12-10(18)13-7/h6H,1-5H2,(H,14,17)(H,15,16)(H2,12,13,18). The SMILES string of the molecule is O=C(O)CC1(NC(=O)c2c[nH]c(=O)[nH]2)CCCC1. The summed E-state index contributed by atoms with van der Waals surface area (Å²) in [6.45, 7) is 0. The first-order valence-electron chi connectivity index (χ1n) is 5.83. The van der Waals surface area contributed by atoms with Crippen molar-refractivity contribution >= 4 is 11.9 Å². The molecule has 0 spiro atoms. The number of rotatable bonds is 4. The number of carboxylic acids is 1. The van der Waals surface area contributed by atoms with Crippen LogP contribution < -0.4 is 11.0 Å². The summed E-state index contributed by atoms with van der Waals surface area (Å²) in [7, 11) is 0. The van der Waals surface area contributed by atoms with Crippen LogP contribution in [-0.4, -0.2) is 32.5 Å². The Labute approximate surface area is 103 Å². The van der Waals surface area contributed by atoms with Crippen LogP contribution in [0.25, 0.3) is 0 Å².